The van der Waals surface area contributed by atoms with Gasteiger partial charge < -0.3 is 19.5 Å². The molecule has 5 nitrogen and oxygen atoms in total. The molecule has 0 bridgehead atoms. The van der Waals surface area contributed by atoms with Crippen molar-refractivity contribution in [3.05, 3.63) is 29.3 Å². The van der Waals surface area contributed by atoms with Gasteiger partial charge in [-0.1, -0.05) is 12.1 Å². The summed E-state index contributed by atoms with van der Waals surface area (Å²) >= 11 is 0. The molecule has 0 heterocycles. The molecule has 112 valence electrons. The van der Waals surface area contributed by atoms with Gasteiger partial charge in [0.25, 0.3) is 0 Å². The molecule has 20 heavy (non-hydrogen) atoms. The van der Waals surface area contributed by atoms with Gasteiger partial charge in [0, 0.05) is 20.2 Å². The summed E-state index contributed by atoms with van der Waals surface area (Å²) in [6.07, 6.45) is 0.292. The van der Waals surface area contributed by atoms with E-state index in [9.17, 15) is 4.79 Å². The zero-order valence-electron chi connectivity index (χ0n) is 12.4. The van der Waals surface area contributed by atoms with E-state index >= 15 is 0 Å². The highest BCUT2D eigenvalue weighted by Gasteiger charge is 2.14. The molecule has 0 aliphatic carbocycles. The van der Waals surface area contributed by atoms with Gasteiger partial charge in [-0.2, -0.15) is 0 Å². The van der Waals surface area contributed by atoms with Crippen molar-refractivity contribution < 1.29 is 19.4 Å². The quantitative estimate of drug-likeness (QED) is 0.772. The molecule has 5 heteroatoms. The minimum absolute atomic E-state index is 0.0259. The number of aliphatic hydroxyl groups is 1. The molecule has 0 fully saturated rings. The van der Waals surface area contributed by atoms with E-state index in [1.54, 1.807) is 19.1 Å². The monoisotopic (exact) mass is 281 g/mol. The molecule has 0 aromatic heterocycles. The average molecular weight is 281 g/mol. The predicted octanol–water partition coefficient (Wildman–Crippen LogP) is 1.01. The molecule has 0 spiro atoms. The summed E-state index contributed by atoms with van der Waals surface area (Å²) in [5.41, 5.74) is 1.94. The summed E-state index contributed by atoms with van der Waals surface area (Å²) in [7, 11) is 3.21. The summed E-state index contributed by atoms with van der Waals surface area (Å²) in [6, 6.07) is 5.73. The molecule has 1 aromatic rings. The third kappa shape index (κ3) is 4.83. The van der Waals surface area contributed by atoms with Crippen LogP contribution in [0.25, 0.3) is 0 Å². The van der Waals surface area contributed by atoms with Crippen LogP contribution in [-0.4, -0.2) is 56.4 Å². The van der Waals surface area contributed by atoms with Gasteiger partial charge in [0.05, 0.1) is 26.7 Å². The summed E-state index contributed by atoms with van der Waals surface area (Å²) in [5.74, 6) is 0.753. The summed E-state index contributed by atoms with van der Waals surface area (Å²) in [5, 5.41) is 9.01. The molecule has 0 saturated carbocycles. The van der Waals surface area contributed by atoms with Crippen LogP contribution in [0.3, 0.4) is 0 Å². The fraction of sp³-hybridized carbons (Fsp3) is 0.533. The number of aryl methyl sites for hydroxylation is 1. The zero-order chi connectivity index (χ0) is 15.0. The lowest BCUT2D eigenvalue weighted by Gasteiger charge is -2.21. The SMILES string of the molecule is COCCN(CCO)C(=O)Cc1ccc(C)c(OC)c1. The maximum Gasteiger partial charge on any atom is 0.227 e. The Balaban J connectivity index is 2.71. The van der Waals surface area contributed by atoms with E-state index in [4.69, 9.17) is 14.6 Å². The number of benzene rings is 1. The fourth-order valence-corrected chi connectivity index (χ4v) is 1.94. The lowest BCUT2D eigenvalue weighted by molar-refractivity contribution is -0.131. The maximum atomic E-state index is 12.2. The molecular weight excluding hydrogens is 258 g/mol. The molecule has 0 aliphatic rings. The smallest absolute Gasteiger partial charge is 0.227 e. The second-order valence-electron chi connectivity index (χ2n) is 4.58. The van der Waals surface area contributed by atoms with Crippen LogP contribution in [0.4, 0.5) is 0 Å². The number of ether oxygens (including phenoxy) is 2. The van der Waals surface area contributed by atoms with E-state index < -0.39 is 0 Å². The Morgan fingerprint density at radius 1 is 1.30 bits per heavy atom. The van der Waals surface area contributed by atoms with E-state index in [1.807, 2.05) is 25.1 Å². The molecule has 1 rings (SSSR count). The summed E-state index contributed by atoms with van der Waals surface area (Å²) < 4.78 is 10.2. The number of carbonyl (C=O) groups is 1. The molecule has 0 saturated heterocycles. The van der Waals surface area contributed by atoms with Crippen molar-refractivity contribution in [2.24, 2.45) is 0 Å². The van der Waals surface area contributed by atoms with Crippen molar-refractivity contribution in [2.45, 2.75) is 13.3 Å². The zero-order valence-corrected chi connectivity index (χ0v) is 12.4. The van der Waals surface area contributed by atoms with E-state index in [-0.39, 0.29) is 12.5 Å². The first kappa shape index (κ1) is 16.5. The number of aliphatic hydroxyl groups excluding tert-OH is 1. The Morgan fingerprint density at radius 3 is 2.65 bits per heavy atom. The normalized spacial score (nSPS) is 10.4. The van der Waals surface area contributed by atoms with Gasteiger partial charge >= 0.3 is 0 Å². The van der Waals surface area contributed by atoms with E-state index in [0.717, 1.165) is 16.9 Å². The third-order valence-corrected chi connectivity index (χ3v) is 3.12. The van der Waals surface area contributed by atoms with Crippen LogP contribution in [0.5, 0.6) is 5.75 Å². The highest BCUT2D eigenvalue weighted by Crippen LogP contribution is 2.19. The standard InChI is InChI=1S/C15H23NO4/c1-12-4-5-13(10-14(12)20-3)11-15(18)16(6-8-17)7-9-19-2/h4-5,10,17H,6-9,11H2,1-3H3. The van der Waals surface area contributed by atoms with Crippen LogP contribution in [0, 0.1) is 6.92 Å². The topological polar surface area (TPSA) is 59.0 Å². The minimum Gasteiger partial charge on any atom is -0.496 e. The second kappa shape index (κ2) is 8.55. The van der Waals surface area contributed by atoms with Crippen LogP contribution >= 0.6 is 0 Å². The number of hydrogen-bond acceptors (Lipinski definition) is 4. The van der Waals surface area contributed by atoms with Crippen LogP contribution in [0.15, 0.2) is 18.2 Å². The number of hydrogen-bond donors (Lipinski definition) is 1. The molecule has 0 atom stereocenters. The number of rotatable bonds is 8. The van der Waals surface area contributed by atoms with Gasteiger partial charge in [-0.3, -0.25) is 4.79 Å². The van der Waals surface area contributed by atoms with Gasteiger partial charge in [0.1, 0.15) is 5.75 Å². The fourth-order valence-electron chi connectivity index (χ4n) is 1.94. The molecule has 0 radical (unpaired) electrons. The van der Waals surface area contributed by atoms with Crippen molar-refractivity contribution in [1.82, 2.24) is 4.90 Å². The Kier molecular flexibility index (Phi) is 7.04. The van der Waals surface area contributed by atoms with Gasteiger partial charge in [-0.05, 0) is 24.1 Å². The molecule has 0 unspecified atom stereocenters. The highest BCUT2D eigenvalue weighted by molar-refractivity contribution is 5.79. The van der Waals surface area contributed by atoms with Crippen LogP contribution in [0.2, 0.25) is 0 Å². The highest BCUT2D eigenvalue weighted by atomic mass is 16.5. The van der Waals surface area contributed by atoms with E-state index in [0.29, 0.717) is 26.1 Å². The van der Waals surface area contributed by atoms with Gasteiger partial charge in [-0.15, -0.1) is 0 Å². The maximum absolute atomic E-state index is 12.2. The van der Waals surface area contributed by atoms with Crippen LogP contribution in [0.1, 0.15) is 11.1 Å². The molecular formula is C15H23NO4. The first-order chi connectivity index (χ1) is 9.62. The number of carbonyl (C=O) groups excluding carboxylic acids is 1. The Bertz CT molecular complexity index is 434. The second-order valence-corrected chi connectivity index (χ2v) is 4.58. The van der Waals surface area contributed by atoms with E-state index in [2.05, 4.69) is 0 Å². The lowest BCUT2D eigenvalue weighted by Crippen LogP contribution is -2.37. The Hall–Kier alpha value is -1.59. The van der Waals surface area contributed by atoms with Crippen molar-refractivity contribution in [3.63, 3.8) is 0 Å². The third-order valence-electron chi connectivity index (χ3n) is 3.12. The lowest BCUT2D eigenvalue weighted by atomic mass is 10.1. The van der Waals surface area contributed by atoms with Crippen LogP contribution in [-0.2, 0) is 16.0 Å². The summed E-state index contributed by atoms with van der Waals surface area (Å²) in [4.78, 5) is 13.8. The number of amides is 1. The summed E-state index contributed by atoms with van der Waals surface area (Å²) in [6.45, 7) is 3.18. The van der Waals surface area contributed by atoms with Crippen LogP contribution < -0.4 is 4.74 Å². The van der Waals surface area contributed by atoms with E-state index in [1.165, 1.54) is 0 Å². The molecule has 0 aliphatic heterocycles. The van der Waals surface area contributed by atoms with Crippen molar-refractivity contribution in [3.8, 4) is 5.75 Å². The van der Waals surface area contributed by atoms with Gasteiger partial charge in [-0.25, -0.2) is 0 Å². The largest absolute Gasteiger partial charge is 0.496 e. The van der Waals surface area contributed by atoms with Crippen molar-refractivity contribution in [2.75, 3.05) is 40.5 Å². The number of nitrogens with zero attached hydrogens (tertiary/aromatic N) is 1. The average Bonchev–Trinajstić information content (AvgIpc) is 2.45. The molecule has 1 N–H and O–H groups in total. The minimum atomic E-state index is -0.0489. The first-order valence-corrected chi connectivity index (χ1v) is 6.63. The Morgan fingerprint density at radius 2 is 2.05 bits per heavy atom. The molecule has 1 amide bonds. The predicted molar refractivity (Wildman–Crippen MR) is 77.0 cm³/mol. The van der Waals surface area contributed by atoms with Crippen molar-refractivity contribution in [1.29, 1.82) is 0 Å². The van der Waals surface area contributed by atoms with Gasteiger partial charge in [0.2, 0.25) is 5.91 Å². The number of methoxy groups -OCH3 is 2. The Labute approximate surface area is 120 Å². The van der Waals surface area contributed by atoms with Gasteiger partial charge in [0.15, 0.2) is 0 Å². The molecule has 1 aromatic carbocycles. The first-order valence-electron chi connectivity index (χ1n) is 6.63. The van der Waals surface area contributed by atoms with Crippen molar-refractivity contribution >= 4 is 5.91 Å².